The van der Waals surface area contributed by atoms with Crippen LogP contribution in [0.4, 0.5) is 0 Å². The highest BCUT2D eigenvalue weighted by Crippen LogP contribution is 2.10. The number of carbonyl (C=O) groups is 2. The highest BCUT2D eigenvalue weighted by Gasteiger charge is 2.37. The summed E-state index contributed by atoms with van der Waals surface area (Å²) in [6.45, 7) is 2.19. The minimum absolute atomic E-state index is 0.758. The SMILES string of the molecule is CCCCCCCCCCC=CNC(=O)C(O)C(O)C(O)C(O)C(=O)O. The minimum Gasteiger partial charge on any atom is -0.479 e. The molecule has 0 fully saturated rings. The lowest BCUT2D eigenvalue weighted by atomic mass is 10.0. The average molecular weight is 375 g/mol. The van der Waals surface area contributed by atoms with E-state index in [4.69, 9.17) is 10.2 Å². The van der Waals surface area contributed by atoms with Gasteiger partial charge in [-0.2, -0.15) is 0 Å². The lowest BCUT2D eigenvalue weighted by molar-refractivity contribution is -0.166. The first-order valence-electron chi connectivity index (χ1n) is 9.23. The van der Waals surface area contributed by atoms with Gasteiger partial charge in [0, 0.05) is 0 Å². The Morgan fingerprint density at radius 1 is 0.846 bits per heavy atom. The van der Waals surface area contributed by atoms with E-state index in [1.165, 1.54) is 44.7 Å². The predicted molar refractivity (Wildman–Crippen MR) is 96.2 cm³/mol. The van der Waals surface area contributed by atoms with Crippen molar-refractivity contribution in [1.82, 2.24) is 5.32 Å². The summed E-state index contributed by atoms with van der Waals surface area (Å²) in [4.78, 5) is 22.1. The molecule has 0 rings (SSSR count). The summed E-state index contributed by atoms with van der Waals surface area (Å²) >= 11 is 0. The number of aliphatic hydroxyl groups is 4. The fourth-order valence-corrected chi connectivity index (χ4v) is 2.38. The molecule has 0 aliphatic rings. The summed E-state index contributed by atoms with van der Waals surface area (Å²) in [5.74, 6) is -2.77. The summed E-state index contributed by atoms with van der Waals surface area (Å²) < 4.78 is 0. The van der Waals surface area contributed by atoms with Crippen LogP contribution < -0.4 is 5.32 Å². The van der Waals surface area contributed by atoms with E-state index in [2.05, 4.69) is 12.2 Å². The van der Waals surface area contributed by atoms with Gasteiger partial charge < -0.3 is 30.8 Å². The molecule has 0 saturated heterocycles. The van der Waals surface area contributed by atoms with Gasteiger partial charge in [-0.25, -0.2) is 4.79 Å². The third kappa shape index (κ3) is 10.5. The smallest absolute Gasteiger partial charge is 0.335 e. The molecule has 0 spiro atoms. The first-order chi connectivity index (χ1) is 12.3. The number of hydrogen-bond donors (Lipinski definition) is 6. The van der Waals surface area contributed by atoms with Crippen LogP contribution in [0.2, 0.25) is 0 Å². The Morgan fingerprint density at radius 3 is 1.88 bits per heavy atom. The molecule has 0 aromatic rings. The van der Waals surface area contributed by atoms with Crippen LogP contribution in [0.5, 0.6) is 0 Å². The molecule has 1 amide bonds. The largest absolute Gasteiger partial charge is 0.479 e. The van der Waals surface area contributed by atoms with Gasteiger partial charge in [-0.15, -0.1) is 0 Å². The maximum atomic E-state index is 11.6. The first kappa shape index (κ1) is 24.5. The highest BCUT2D eigenvalue weighted by molar-refractivity contribution is 5.82. The minimum atomic E-state index is -2.30. The Kier molecular flexibility index (Phi) is 13.8. The lowest BCUT2D eigenvalue weighted by Gasteiger charge is -2.23. The predicted octanol–water partition coefficient (Wildman–Crippen LogP) is 0.675. The standard InChI is InChI=1S/C18H33NO7/c1-2-3-4-5-6-7-8-9-10-11-12-19-17(24)15(22)13(20)14(21)16(23)18(25)26/h11-16,20-23H,2-10H2,1H3,(H,19,24)(H,25,26). The maximum Gasteiger partial charge on any atom is 0.335 e. The molecule has 0 aromatic carbocycles. The molecule has 8 heteroatoms. The number of hydrogen-bond acceptors (Lipinski definition) is 6. The van der Waals surface area contributed by atoms with E-state index in [-0.39, 0.29) is 0 Å². The zero-order valence-corrected chi connectivity index (χ0v) is 15.4. The number of carboxylic acids is 1. The summed E-state index contributed by atoms with van der Waals surface area (Å²) in [5.41, 5.74) is 0. The molecule has 152 valence electrons. The lowest BCUT2D eigenvalue weighted by Crippen LogP contribution is -2.52. The van der Waals surface area contributed by atoms with Crippen molar-refractivity contribution in [2.75, 3.05) is 0 Å². The van der Waals surface area contributed by atoms with Gasteiger partial charge in [0.15, 0.2) is 12.2 Å². The fourth-order valence-electron chi connectivity index (χ4n) is 2.38. The second-order valence-corrected chi connectivity index (χ2v) is 6.38. The summed E-state index contributed by atoms with van der Waals surface area (Å²) in [5, 5.41) is 48.4. The molecular formula is C18H33NO7. The van der Waals surface area contributed by atoms with Gasteiger partial charge in [0.05, 0.1) is 0 Å². The van der Waals surface area contributed by atoms with Crippen LogP contribution in [0, 0.1) is 0 Å². The Morgan fingerprint density at radius 2 is 1.35 bits per heavy atom. The van der Waals surface area contributed by atoms with Crippen LogP contribution in [0.25, 0.3) is 0 Å². The Hall–Kier alpha value is -1.48. The van der Waals surface area contributed by atoms with Gasteiger partial charge in [0.2, 0.25) is 0 Å². The van der Waals surface area contributed by atoms with Crippen molar-refractivity contribution in [1.29, 1.82) is 0 Å². The van der Waals surface area contributed by atoms with Crippen molar-refractivity contribution < 1.29 is 35.1 Å². The molecule has 0 saturated carbocycles. The summed E-state index contributed by atoms with van der Waals surface area (Å²) in [6.07, 6.45) is 4.71. The molecule has 4 unspecified atom stereocenters. The van der Waals surface area contributed by atoms with Crippen molar-refractivity contribution in [3.05, 3.63) is 12.3 Å². The second kappa shape index (κ2) is 14.7. The quantitative estimate of drug-likeness (QED) is 0.231. The van der Waals surface area contributed by atoms with E-state index < -0.39 is 36.3 Å². The molecule has 4 atom stereocenters. The van der Waals surface area contributed by atoms with Crippen LogP contribution in [-0.2, 0) is 9.59 Å². The van der Waals surface area contributed by atoms with Crippen molar-refractivity contribution in [3.63, 3.8) is 0 Å². The monoisotopic (exact) mass is 375 g/mol. The number of nitrogens with one attached hydrogen (secondary N) is 1. The average Bonchev–Trinajstić information content (AvgIpc) is 2.63. The zero-order chi connectivity index (χ0) is 19.9. The molecule has 26 heavy (non-hydrogen) atoms. The Bertz CT molecular complexity index is 428. The number of carboxylic acid groups (broad SMARTS) is 1. The molecular weight excluding hydrogens is 342 g/mol. The van der Waals surface area contributed by atoms with Crippen LogP contribution in [0.1, 0.15) is 64.7 Å². The molecule has 0 aliphatic carbocycles. The summed E-state index contributed by atoms with van der Waals surface area (Å²) in [7, 11) is 0. The van der Waals surface area contributed by atoms with Gasteiger partial charge in [-0.3, -0.25) is 4.79 Å². The number of amides is 1. The third-order valence-corrected chi connectivity index (χ3v) is 4.09. The van der Waals surface area contributed by atoms with Gasteiger partial charge in [-0.1, -0.05) is 57.9 Å². The topological polar surface area (TPSA) is 147 Å². The Balaban J connectivity index is 3.92. The van der Waals surface area contributed by atoms with Crippen LogP contribution in [0.15, 0.2) is 12.3 Å². The summed E-state index contributed by atoms with van der Waals surface area (Å²) in [6, 6.07) is 0. The Labute approximate surface area is 154 Å². The maximum absolute atomic E-state index is 11.6. The number of carbonyl (C=O) groups excluding carboxylic acids is 1. The van der Waals surface area contributed by atoms with Crippen LogP contribution in [0.3, 0.4) is 0 Å². The van der Waals surface area contributed by atoms with Crippen molar-refractivity contribution >= 4 is 11.9 Å². The molecule has 0 bridgehead atoms. The van der Waals surface area contributed by atoms with Gasteiger partial charge in [0.1, 0.15) is 12.2 Å². The van der Waals surface area contributed by atoms with Crippen molar-refractivity contribution in [2.24, 2.45) is 0 Å². The number of allylic oxidation sites excluding steroid dienone is 1. The molecule has 0 aromatic heterocycles. The zero-order valence-electron chi connectivity index (χ0n) is 15.4. The third-order valence-electron chi connectivity index (χ3n) is 4.09. The van der Waals surface area contributed by atoms with Crippen LogP contribution >= 0.6 is 0 Å². The van der Waals surface area contributed by atoms with E-state index >= 15 is 0 Å². The van der Waals surface area contributed by atoms with E-state index in [0.717, 1.165) is 19.3 Å². The van der Waals surface area contributed by atoms with E-state index in [1.807, 2.05) is 0 Å². The number of rotatable bonds is 15. The van der Waals surface area contributed by atoms with Gasteiger partial charge in [0.25, 0.3) is 5.91 Å². The highest BCUT2D eigenvalue weighted by atomic mass is 16.4. The molecule has 0 aliphatic heterocycles. The van der Waals surface area contributed by atoms with Gasteiger partial charge in [-0.05, 0) is 19.0 Å². The van der Waals surface area contributed by atoms with Crippen LogP contribution in [-0.4, -0.2) is 61.8 Å². The molecule has 8 nitrogen and oxygen atoms in total. The number of aliphatic carboxylic acids is 1. The number of unbranched alkanes of at least 4 members (excludes halogenated alkanes) is 8. The van der Waals surface area contributed by atoms with Crippen molar-refractivity contribution in [3.8, 4) is 0 Å². The number of aliphatic hydroxyl groups excluding tert-OH is 4. The fraction of sp³-hybridized carbons (Fsp3) is 0.778. The molecule has 6 N–H and O–H groups in total. The normalized spacial score (nSPS) is 16.2. The van der Waals surface area contributed by atoms with E-state index in [9.17, 15) is 24.9 Å². The van der Waals surface area contributed by atoms with E-state index in [0.29, 0.717) is 0 Å². The van der Waals surface area contributed by atoms with Gasteiger partial charge >= 0.3 is 5.97 Å². The molecule has 0 heterocycles. The van der Waals surface area contributed by atoms with Crippen molar-refractivity contribution in [2.45, 2.75) is 89.1 Å². The first-order valence-corrected chi connectivity index (χ1v) is 9.23. The molecule has 0 radical (unpaired) electrons. The second-order valence-electron chi connectivity index (χ2n) is 6.38. The van der Waals surface area contributed by atoms with E-state index in [1.54, 1.807) is 6.08 Å².